The summed E-state index contributed by atoms with van der Waals surface area (Å²) in [6.07, 6.45) is 3.23. The van der Waals surface area contributed by atoms with Crippen LogP contribution in [-0.2, 0) is 0 Å². The first-order valence-electron chi connectivity index (χ1n) is 5.32. The Morgan fingerprint density at radius 3 is 2.40 bits per heavy atom. The molecule has 2 rings (SSSR count). The van der Waals surface area contributed by atoms with E-state index in [1.165, 1.54) is 12.0 Å². The summed E-state index contributed by atoms with van der Waals surface area (Å²) in [6, 6.07) is 0. The minimum atomic E-state index is 0.612. The molecule has 0 saturated carbocycles. The minimum Gasteiger partial charge on any atom is -0.316 e. The van der Waals surface area contributed by atoms with E-state index in [1.807, 2.05) is 6.26 Å². The molecule has 1 aliphatic heterocycles. The lowest BCUT2D eigenvalue weighted by Crippen LogP contribution is -2.11. The molecule has 0 aliphatic carbocycles. The predicted octanol–water partition coefficient (Wildman–Crippen LogP) is 1.89. The molecule has 82 valence electrons. The van der Waals surface area contributed by atoms with Crippen LogP contribution in [0.25, 0.3) is 0 Å². The Balaban J connectivity index is 2.37. The van der Waals surface area contributed by atoms with E-state index < -0.39 is 0 Å². The van der Waals surface area contributed by atoms with Crippen LogP contribution < -0.4 is 5.32 Å². The Labute approximate surface area is 95.1 Å². The van der Waals surface area contributed by atoms with Crippen LogP contribution in [0.1, 0.15) is 29.3 Å². The van der Waals surface area contributed by atoms with Crippen molar-refractivity contribution in [2.45, 2.75) is 31.3 Å². The highest BCUT2D eigenvalue weighted by atomic mass is 32.2. The number of hydrogen-bond acceptors (Lipinski definition) is 4. The van der Waals surface area contributed by atoms with Gasteiger partial charge in [0, 0.05) is 23.9 Å². The van der Waals surface area contributed by atoms with E-state index in [1.54, 1.807) is 11.8 Å². The summed E-state index contributed by atoms with van der Waals surface area (Å²) in [5, 5.41) is 4.28. The molecule has 1 atom stereocenters. The Morgan fingerprint density at radius 1 is 1.27 bits per heavy atom. The zero-order valence-electron chi connectivity index (χ0n) is 9.50. The Kier molecular flexibility index (Phi) is 3.26. The molecule has 0 bridgehead atoms. The predicted molar refractivity (Wildman–Crippen MR) is 63.5 cm³/mol. The number of nitrogens with zero attached hydrogens (tertiary/aromatic N) is 2. The van der Waals surface area contributed by atoms with E-state index in [0.29, 0.717) is 5.92 Å². The van der Waals surface area contributed by atoms with E-state index in [2.05, 4.69) is 29.1 Å². The molecule has 3 nitrogen and oxygen atoms in total. The van der Waals surface area contributed by atoms with E-state index in [9.17, 15) is 0 Å². The summed E-state index contributed by atoms with van der Waals surface area (Å²) in [4.78, 5) is 9.04. The lowest BCUT2D eigenvalue weighted by Gasteiger charge is -2.14. The van der Waals surface area contributed by atoms with Gasteiger partial charge in [-0.25, -0.2) is 9.97 Å². The van der Waals surface area contributed by atoms with E-state index in [0.717, 1.165) is 29.6 Å². The molecule has 1 aliphatic rings. The molecule has 1 saturated heterocycles. The van der Waals surface area contributed by atoms with Gasteiger partial charge in [-0.1, -0.05) is 11.8 Å². The second-order valence-corrected chi connectivity index (χ2v) is 4.76. The molecule has 1 aromatic rings. The zero-order chi connectivity index (χ0) is 10.8. The van der Waals surface area contributed by atoms with Gasteiger partial charge in [0.05, 0.1) is 0 Å². The van der Waals surface area contributed by atoms with Crippen LogP contribution in [-0.4, -0.2) is 29.3 Å². The molecule has 0 spiro atoms. The second-order valence-electron chi connectivity index (χ2n) is 3.98. The zero-order valence-corrected chi connectivity index (χ0v) is 10.3. The topological polar surface area (TPSA) is 37.8 Å². The first-order chi connectivity index (χ1) is 7.22. The third kappa shape index (κ3) is 2.16. The van der Waals surface area contributed by atoms with Crippen molar-refractivity contribution < 1.29 is 0 Å². The van der Waals surface area contributed by atoms with Crippen molar-refractivity contribution in [1.29, 1.82) is 0 Å². The van der Waals surface area contributed by atoms with Crippen LogP contribution in [0.2, 0.25) is 0 Å². The average molecular weight is 223 g/mol. The number of rotatable bonds is 2. The van der Waals surface area contributed by atoms with Crippen molar-refractivity contribution in [1.82, 2.24) is 15.3 Å². The second kappa shape index (κ2) is 4.49. The molecular formula is C11H17N3S. The molecule has 0 amide bonds. The Bertz CT molecular complexity index is 336. The van der Waals surface area contributed by atoms with Crippen molar-refractivity contribution >= 4 is 11.8 Å². The van der Waals surface area contributed by atoms with Gasteiger partial charge in [-0.2, -0.15) is 0 Å². The summed E-state index contributed by atoms with van der Waals surface area (Å²) < 4.78 is 0. The molecule has 4 heteroatoms. The van der Waals surface area contributed by atoms with Crippen LogP contribution >= 0.6 is 11.8 Å². The van der Waals surface area contributed by atoms with Gasteiger partial charge in [-0.15, -0.1) is 0 Å². The molecular weight excluding hydrogens is 206 g/mol. The van der Waals surface area contributed by atoms with Crippen LogP contribution in [0, 0.1) is 13.8 Å². The van der Waals surface area contributed by atoms with Crippen molar-refractivity contribution in [2.24, 2.45) is 0 Å². The molecule has 0 aromatic carbocycles. The highest BCUT2D eigenvalue weighted by Crippen LogP contribution is 2.27. The third-order valence-corrected chi connectivity index (χ3v) is 3.51. The van der Waals surface area contributed by atoms with Gasteiger partial charge in [0.15, 0.2) is 5.16 Å². The summed E-state index contributed by atoms with van der Waals surface area (Å²) >= 11 is 1.61. The van der Waals surface area contributed by atoms with Gasteiger partial charge in [0.25, 0.3) is 0 Å². The highest BCUT2D eigenvalue weighted by Gasteiger charge is 2.21. The summed E-state index contributed by atoms with van der Waals surface area (Å²) in [5.74, 6) is 0.612. The largest absolute Gasteiger partial charge is 0.316 e. The van der Waals surface area contributed by atoms with Crippen molar-refractivity contribution in [3.63, 3.8) is 0 Å². The standard InChI is InChI=1S/C11H17N3S/c1-7-10(9-4-5-12-6-9)8(2)14-11(13-7)15-3/h9,12H,4-6H2,1-3H3. The number of thioether (sulfide) groups is 1. The summed E-state index contributed by atoms with van der Waals surface area (Å²) in [6.45, 7) is 6.39. The fourth-order valence-electron chi connectivity index (χ4n) is 2.28. The lowest BCUT2D eigenvalue weighted by atomic mass is 9.96. The first-order valence-corrected chi connectivity index (χ1v) is 6.54. The monoisotopic (exact) mass is 223 g/mol. The number of hydrogen-bond donors (Lipinski definition) is 1. The average Bonchev–Trinajstić information content (AvgIpc) is 2.69. The first kappa shape index (κ1) is 10.9. The summed E-state index contributed by atoms with van der Waals surface area (Å²) in [5.41, 5.74) is 3.67. The molecule has 15 heavy (non-hydrogen) atoms. The summed E-state index contributed by atoms with van der Waals surface area (Å²) in [7, 11) is 0. The van der Waals surface area contributed by atoms with Gasteiger partial charge in [-0.05, 0) is 38.6 Å². The number of nitrogens with one attached hydrogen (secondary N) is 1. The van der Waals surface area contributed by atoms with E-state index in [-0.39, 0.29) is 0 Å². The number of aryl methyl sites for hydroxylation is 2. The Hall–Kier alpha value is -0.610. The fourth-order valence-corrected chi connectivity index (χ4v) is 2.73. The molecule has 2 heterocycles. The van der Waals surface area contributed by atoms with Gasteiger partial charge in [0.1, 0.15) is 0 Å². The smallest absolute Gasteiger partial charge is 0.187 e. The molecule has 1 aromatic heterocycles. The third-order valence-electron chi connectivity index (χ3n) is 2.96. The quantitative estimate of drug-likeness (QED) is 0.614. The molecule has 1 unspecified atom stereocenters. The van der Waals surface area contributed by atoms with Crippen molar-refractivity contribution in [2.75, 3.05) is 19.3 Å². The number of aromatic nitrogens is 2. The van der Waals surface area contributed by atoms with Crippen molar-refractivity contribution in [3.8, 4) is 0 Å². The SMILES string of the molecule is CSc1nc(C)c(C2CCNC2)c(C)n1. The van der Waals surface area contributed by atoms with Gasteiger partial charge >= 0.3 is 0 Å². The highest BCUT2D eigenvalue weighted by molar-refractivity contribution is 7.98. The van der Waals surface area contributed by atoms with Crippen LogP contribution in [0.4, 0.5) is 0 Å². The van der Waals surface area contributed by atoms with E-state index >= 15 is 0 Å². The maximum absolute atomic E-state index is 4.52. The van der Waals surface area contributed by atoms with Gasteiger partial charge < -0.3 is 5.32 Å². The molecule has 1 N–H and O–H groups in total. The van der Waals surface area contributed by atoms with Gasteiger partial charge in [-0.3, -0.25) is 0 Å². The minimum absolute atomic E-state index is 0.612. The Morgan fingerprint density at radius 2 is 1.93 bits per heavy atom. The fraction of sp³-hybridized carbons (Fsp3) is 0.636. The lowest BCUT2D eigenvalue weighted by molar-refractivity contribution is 0.717. The van der Waals surface area contributed by atoms with Crippen LogP contribution in [0.3, 0.4) is 0 Å². The molecule has 1 fully saturated rings. The maximum Gasteiger partial charge on any atom is 0.187 e. The van der Waals surface area contributed by atoms with E-state index in [4.69, 9.17) is 0 Å². The molecule has 0 radical (unpaired) electrons. The van der Waals surface area contributed by atoms with Gasteiger partial charge in [0.2, 0.25) is 0 Å². The normalized spacial score (nSPS) is 20.9. The van der Waals surface area contributed by atoms with Crippen molar-refractivity contribution in [3.05, 3.63) is 17.0 Å². The maximum atomic E-state index is 4.52. The van der Waals surface area contributed by atoms with Crippen LogP contribution in [0.15, 0.2) is 5.16 Å². The van der Waals surface area contributed by atoms with Crippen LogP contribution in [0.5, 0.6) is 0 Å².